The third-order valence-corrected chi connectivity index (χ3v) is 8.99. The zero-order valence-electron chi connectivity index (χ0n) is 14.3. The summed E-state index contributed by atoms with van der Waals surface area (Å²) in [7, 11) is -7.15. The molecule has 1 saturated heterocycles. The lowest BCUT2D eigenvalue weighted by Crippen LogP contribution is -2.25. The largest absolute Gasteiger partial charge is 0.348 e. The Morgan fingerprint density at radius 1 is 1.15 bits per heavy atom. The highest BCUT2D eigenvalue weighted by Crippen LogP contribution is 2.26. The summed E-state index contributed by atoms with van der Waals surface area (Å²) in [6.45, 7) is 0.205. The third kappa shape index (κ3) is 4.51. The minimum absolute atomic E-state index is 0.0463. The number of hydrogen-bond donors (Lipinski definition) is 1. The Hall–Kier alpha value is -1.90. The fraction of sp³-hybridized carbons (Fsp3) is 0.278. The van der Waals surface area contributed by atoms with E-state index in [0.29, 0.717) is 5.02 Å². The van der Waals surface area contributed by atoms with Crippen molar-refractivity contribution >= 4 is 37.2 Å². The molecule has 1 N–H and O–H groups in total. The average Bonchev–Trinajstić information content (AvgIpc) is 3.01. The maximum absolute atomic E-state index is 12.7. The molecule has 27 heavy (non-hydrogen) atoms. The number of carbonyl (C=O) groups is 1. The van der Waals surface area contributed by atoms with Crippen molar-refractivity contribution in [3.05, 3.63) is 64.7 Å². The van der Waals surface area contributed by atoms with Gasteiger partial charge in [-0.25, -0.2) is 16.8 Å². The summed E-state index contributed by atoms with van der Waals surface area (Å²) in [5.41, 5.74) is 0.927. The van der Waals surface area contributed by atoms with Crippen LogP contribution in [0.4, 0.5) is 0 Å². The lowest BCUT2D eigenvalue weighted by atomic mass is 10.2. The van der Waals surface area contributed by atoms with E-state index in [1.54, 1.807) is 24.3 Å². The average molecular weight is 428 g/mol. The molecule has 2 aromatic carbocycles. The summed E-state index contributed by atoms with van der Waals surface area (Å²) >= 11 is 6.05. The van der Waals surface area contributed by atoms with Crippen molar-refractivity contribution in [3.63, 3.8) is 0 Å². The number of rotatable bonds is 5. The van der Waals surface area contributed by atoms with Gasteiger partial charge in [-0.15, -0.1) is 0 Å². The standard InChI is InChI=1S/C18H18ClNO5S2/c19-17-7-2-1-4-14(17)11-20-18(21)13-5-3-6-15(10-13)27(24,25)16-8-9-26(22,23)12-16/h1-7,10,16H,8-9,11-12H2,(H,20,21). The molecule has 0 aliphatic carbocycles. The van der Waals surface area contributed by atoms with Gasteiger partial charge in [0.15, 0.2) is 19.7 Å². The Morgan fingerprint density at radius 2 is 1.89 bits per heavy atom. The van der Waals surface area contributed by atoms with E-state index in [2.05, 4.69) is 5.32 Å². The molecule has 1 fully saturated rings. The molecular formula is C18H18ClNO5S2. The maximum Gasteiger partial charge on any atom is 0.251 e. The monoisotopic (exact) mass is 427 g/mol. The molecule has 1 unspecified atom stereocenters. The SMILES string of the molecule is O=C(NCc1ccccc1Cl)c1cccc(S(=O)(=O)C2CCS(=O)(=O)C2)c1. The van der Waals surface area contributed by atoms with E-state index in [9.17, 15) is 21.6 Å². The molecule has 1 heterocycles. The number of hydrogen-bond acceptors (Lipinski definition) is 5. The minimum Gasteiger partial charge on any atom is -0.348 e. The van der Waals surface area contributed by atoms with E-state index < -0.39 is 30.8 Å². The van der Waals surface area contributed by atoms with Gasteiger partial charge in [-0.05, 0) is 36.2 Å². The van der Waals surface area contributed by atoms with E-state index in [0.717, 1.165) is 5.56 Å². The lowest BCUT2D eigenvalue weighted by molar-refractivity contribution is 0.0950. The van der Waals surface area contributed by atoms with Gasteiger partial charge in [0.1, 0.15) is 0 Å². The van der Waals surface area contributed by atoms with Crippen molar-refractivity contribution in [3.8, 4) is 0 Å². The highest BCUT2D eigenvalue weighted by molar-refractivity contribution is 7.96. The topological polar surface area (TPSA) is 97.4 Å². The molecule has 1 aliphatic rings. The fourth-order valence-electron chi connectivity index (χ4n) is 2.93. The lowest BCUT2D eigenvalue weighted by Gasteiger charge is -2.12. The van der Waals surface area contributed by atoms with E-state index >= 15 is 0 Å². The van der Waals surface area contributed by atoms with Gasteiger partial charge in [0.05, 0.1) is 21.7 Å². The second-order valence-electron chi connectivity index (χ2n) is 6.37. The fourth-order valence-corrected chi connectivity index (χ4v) is 7.54. The maximum atomic E-state index is 12.7. The summed E-state index contributed by atoms with van der Waals surface area (Å²) in [5, 5.41) is 2.26. The molecule has 144 valence electrons. The van der Waals surface area contributed by atoms with Crippen molar-refractivity contribution in [2.75, 3.05) is 11.5 Å². The van der Waals surface area contributed by atoms with Crippen LogP contribution < -0.4 is 5.32 Å². The first-order valence-electron chi connectivity index (χ1n) is 8.25. The molecule has 1 atom stereocenters. The molecule has 0 saturated carbocycles. The molecule has 3 rings (SSSR count). The Morgan fingerprint density at radius 3 is 2.56 bits per heavy atom. The second-order valence-corrected chi connectivity index (χ2v) is 11.2. The van der Waals surface area contributed by atoms with E-state index in [1.807, 2.05) is 0 Å². The molecule has 0 aromatic heterocycles. The number of nitrogens with one attached hydrogen (secondary N) is 1. The number of carbonyl (C=O) groups excluding carboxylic acids is 1. The molecule has 1 amide bonds. The van der Waals surface area contributed by atoms with Crippen LogP contribution in [0.3, 0.4) is 0 Å². The molecule has 0 spiro atoms. The van der Waals surface area contributed by atoms with E-state index in [1.165, 1.54) is 24.3 Å². The summed E-state index contributed by atoms with van der Waals surface area (Å²) in [6.07, 6.45) is 0.0770. The number of sulfone groups is 2. The zero-order chi connectivity index (χ0) is 19.7. The number of halogens is 1. The van der Waals surface area contributed by atoms with Crippen molar-refractivity contribution in [2.24, 2.45) is 0 Å². The van der Waals surface area contributed by atoms with Crippen LogP contribution in [-0.4, -0.2) is 39.5 Å². The van der Waals surface area contributed by atoms with Crippen molar-refractivity contribution in [1.82, 2.24) is 5.32 Å². The van der Waals surface area contributed by atoms with Gasteiger partial charge in [-0.1, -0.05) is 35.9 Å². The highest BCUT2D eigenvalue weighted by atomic mass is 35.5. The summed E-state index contributed by atoms with van der Waals surface area (Å²) in [5.74, 6) is -0.946. The Labute approximate surface area is 163 Å². The first kappa shape index (κ1) is 19.9. The van der Waals surface area contributed by atoms with Gasteiger partial charge >= 0.3 is 0 Å². The van der Waals surface area contributed by atoms with Crippen LogP contribution in [0, 0.1) is 0 Å². The van der Waals surface area contributed by atoms with Gasteiger partial charge in [-0.3, -0.25) is 4.79 Å². The van der Waals surface area contributed by atoms with E-state index in [-0.39, 0.29) is 34.9 Å². The first-order chi connectivity index (χ1) is 12.7. The molecule has 0 bridgehead atoms. The molecule has 0 radical (unpaired) electrons. The normalized spacial score (nSPS) is 18.9. The van der Waals surface area contributed by atoms with Crippen molar-refractivity contribution < 1.29 is 21.6 Å². The van der Waals surface area contributed by atoms with E-state index in [4.69, 9.17) is 11.6 Å². The molecular weight excluding hydrogens is 410 g/mol. The van der Waals surface area contributed by atoms with Gasteiger partial charge in [0.25, 0.3) is 5.91 Å². The zero-order valence-corrected chi connectivity index (χ0v) is 16.6. The smallest absolute Gasteiger partial charge is 0.251 e. The third-order valence-electron chi connectivity index (χ3n) is 4.45. The summed E-state index contributed by atoms with van der Waals surface area (Å²) in [4.78, 5) is 12.3. The molecule has 1 aliphatic heterocycles. The van der Waals surface area contributed by atoms with Crippen molar-refractivity contribution in [1.29, 1.82) is 0 Å². The number of amides is 1. The van der Waals surface area contributed by atoms with Crippen LogP contribution in [-0.2, 0) is 26.2 Å². The predicted molar refractivity (Wildman–Crippen MR) is 103 cm³/mol. The van der Waals surface area contributed by atoms with Crippen LogP contribution in [0.2, 0.25) is 5.02 Å². The summed E-state index contributed by atoms with van der Waals surface area (Å²) < 4.78 is 48.6. The van der Waals surface area contributed by atoms with Crippen LogP contribution in [0.15, 0.2) is 53.4 Å². The predicted octanol–water partition coefficient (Wildman–Crippen LogP) is 2.23. The van der Waals surface area contributed by atoms with Crippen LogP contribution in [0.5, 0.6) is 0 Å². The molecule has 2 aromatic rings. The van der Waals surface area contributed by atoms with Gasteiger partial charge in [0.2, 0.25) is 0 Å². The van der Waals surface area contributed by atoms with Crippen LogP contribution in [0.1, 0.15) is 22.3 Å². The van der Waals surface area contributed by atoms with Crippen molar-refractivity contribution in [2.45, 2.75) is 23.1 Å². The van der Waals surface area contributed by atoms with Gasteiger partial charge in [0, 0.05) is 17.1 Å². The second kappa shape index (κ2) is 7.61. The first-order valence-corrected chi connectivity index (χ1v) is 12.0. The quantitative estimate of drug-likeness (QED) is 0.789. The Kier molecular flexibility index (Phi) is 5.60. The Balaban J connectivity index is 1.77. The minimum atomic E-state index is -3.82. The highest BCUT2D eigenvalue weighted by Gasteiger charge is 2.38. The molecule has 9 heteroatoms. The number of benzene rings is 2. The Bertz CT molecular complexity index is 1080. The van der Waals surface area contributed by atoms with Gasteiger partial charge < -0.3 is 5.32 Å². The summed E-state index contributed by atoms with van der Waals surface area (Å²) in [6, 6.07) is 12.7. The molecule has 6 nitrogen and oxygen atoms in total. The van der Waals surface area contributed by atoms with Crippen LogP contribution >= 0.6 is 11.6 Å². The van der Waals surface area contributed by atoms with Crippen LogP contribution in [0.25, 0.3) is 0 Å². The van der Waals surface area contributed by atoms with Gasteiger partial charge in [-0.2, -0.15) is 0 Å².